The quantitative estimate of drug-likeness (QED) is 0.750. The average Bonchev–Trinajstić information content (AvgIpc) is 2.45. The largest absolute Gasteiger partial charge is 0.393 e. The molecule has 2 N–H and O–H groups in total. The van der Waals surface area contributed by atoms with Crippen molar-refractivity contribution in [3.05, 3.63) is 34.3 Å². The number of aromatic nitrogens is 2. The molecule has 0 amide bonds. The number of nitrogens with zero attached hydrogens (tertiary/aromatic N) is 2. The summed E-state index contributed by atoms with van der Waals surface area (Å²) >= 11 is 0. The fourth-order valence-electron chi connectivity index (χ4n) is 1.78. The molecule has 1 aliphatic rings. The molecule has 0 spiro atoms. The van der Waals surface area contributed by atoms with Crippen molar-refractivity contribution in [1.29, 1.82) is 0 Å². The Balaban J connectivity index is 2.63. The van der Waals surface area contributed by atoms with Crippen LogP contribution in [0, 0.1) is 6.92 Å². The van der Waals surface area contributed by atoms with E-state index >= 15 is 0 Å². The molecule has 80 valence electrons. The van der Waals surface area contributed by atoms with E-state index in [-0.39, 0.29) is 5.56 Å². The number of allylic oxidation sites excluding steroid dienone is 4. The number of rotatable bonds is 1. The predicted octanol–water partition coefficient (Wildman–Crippen LogP) is 1.27. The second-order valence-corrected chi connectivity index (χ2v) is 3.75. The smallest absolute Gasteiger partial charge is 0.294 e. The Morgan fingerprint density at radius 1 is 1.40 bits per heavy atom. The van der Waals surface area contributed by atoms with E-state index in [9.17, 15) is 4.79 Å². The third kappa shape index (κ3) is 1.42. The van der Waals surface area contributed by atoms with Gasteiger partial charge >= 0.3 is 0 Å². The van der Waals surface area contributed by atoms with Crippen LogP contribution >= 0.6 is 0 Å². The normalized spacial score (nSPS) is 15.5. The lowest BCUT2D eigenvalue weighted by atomic mass is 10.1. The zero-order valence-electron chi connectivity index (χ0n) is 9.03. The zero-order valence-corrected chi connectivity index (χ0v) is 9.03. The first kappa shape index (κ1) is 9.83. The molecule has 0 saturated heterocycles. The van der Waals surface area contributed by atoms with E-state index in [4.69, 9.17) is 5.73 Å². The molecule has 1 aromatic heterocycles. The Bertz CT molecular complexity index is 503. The summed E-state index contributed by atoms with van der Waals surface area (Å²) in [6.07, 6.45) is 8.10. The predicted molar refractivity (Wildman–Crippen MR) is 61.5 cm³/mol. The average molecular weight is 205 g/mol. The summed E-state index contributed by atoms with van der Waals surface area (Å²) in [5, 5.41) is 0. The Kier molecular flexibility index (Phi) is 2.26. The summed E-state index contributed by atoms with van der Waals surface area (Å²) in [7, 11) is 1.84. The lowest BCUT2D eigenvalue weighted by molar-refractivity contribution is 0.641. The Morgan fingerprint density at radius 3 is 2.60 bits per heavy atom. The van der Waals surface area contributed by atoms with Gasteiger partial charge in [0.15, 0.2) is 0 Å². The standard InChI is InChI=1S/C11H15N3O/c1-8-10(12)11(15)14(13(8)2)9-6-4-3-5-7-9/h4,6-7H,3,5,12H2,1-2H3. The van der Waals surface area contributed by atoms with Gasteiger partial charge < -0.3 is 5.73 Å². The minimum atomic E-state index is -0.132. The van der Waals surface area contributed by atoms with Gasteiger partial charge in [0, 0.05) is 7.05 Å². The van der Waals surface area contributed by atoms with Crippen molar-refractivity contribution in [2.45, 2.75) is 19.8 Å². The van der Waals surface area contributed by atoms with Gasteiger partial charge in [-0.1, -0.05) is 12.2 Å². The van der Waals surface area contributed by atoms with Crippen molar-refractivity contribution in [3.63, 3.8) is 0 Å². The van der Waals surface area contributed by atoms with Crippen LogP contribution < -0.4 is 11.3 Å². The first-order valence-electron chi connectivity index (χ1n) is 5.04. The first-order chi connectivity index (χ1) is 7.13. The van der Waals surface area contributed by atoms with Gasteiger partial charge in [-0.2, -0.15) is 0 Å². The van der Waals surface area contributed by atoms with Gasteiger partial charge in [-0.15, -0.1) is 0 Å². The third-order valence-corrected chi connectivity index (χ3v) is 2.82. The van der Waals surface area contributed by atoms with E-state index in [0.29, 0.717) is 5.69 Å². The summed E-state index contributed by atoms with van der Waals surface area (Å²) < 4.78 is 3.40. The molecule has 0 unspecified atom stereocenters. The van der Waals surface area contributed by atoms with E-state index in [1.165, 1.54) is 0 Å². The lowest BCUT2D eigenvalue weighted by Gasteiger charge is -2.11. The molecule has 0 fully saturated rings. The van der Waals surface area contributed by atoms with Crippen LogP contribution in [0.25, 0.3) is 5.70 Å². The first-order valence-corrected chi connectivity index (χ1v) is 5.04. The molecule has 4 heteroatoms. The van der Waals surface area contributed by atoms with E-state index < -0.39 is 0 Å². The van der Waals surface area contributed by atoms with Crippen LogP contribution in [0.4, 0.5) is 5.69 Å². The highest BCUT2D eigenvalue weighted by molar-refractivity contribution is 5.60. The number of anilines is 1. The lowest BCUT2D eigenvalue weighted by Crippen LogP contribution is -2.21. The van der Waals surface area contributed by atoms with E-state index in [2.05, 4.69) is 12.2 Å². The molecule has 4 nitrogen and oxygen atoms in total. The molecule has 0 saturated carbocycles. The van der Waals surface area contributed by atoms with E-state index in [1.54, 1.807) is 9.36 Å². The van der Waals surface area contributed by atoms with Crippen LogP contribution in [0.1, 0.15) is 18.5 Å². The van der Waals surface area contributed by atoms with Crippen LogP contribution in [-0.2, 0) is 7.05 Å². The highest BCUT2D eigenvalue weighted by atomic mass is 16.1. The minimum Gasteiger partial charge on any atom is -0.393 e. The van der Waals surface area contributed by atoms with Crippen molar-refractivity contribution < 1.29 is 0 Å². The van der Waals surface area contributed by atoms with Gasteiger partial charge in [0.2, 0.25) is 0 Å². The molecule has 0 aromatic carbocycles. The van der Waals surface area contributed by atoms with Crippen LogP contribution in [-0.4, -0.2) is 9.36 Å². The van der Waals surface area contributed by atoms with E-state index in [1.807, 2.05) is 20.0 Å². The molecule has 0 radical (unpaired) electrons. The van der Waals surface area contributed by atoms with Crippen LogP contribution in [0.2, 0.25) is 0 Å². The Hall–Kier alpha value is -1.71. The second-order valence-electron chi connectivity index (χ2n) is 3.75. The number of hydrogen-bond acceptors (Lipinski definition) is 2. The molecule has 2 rings (SSSR count). The highest BCUT2D eigenvalue weighted by Gasteiger charge is 2.13. The van der Waals surface area contributed by atoms with Crippen molar-refractivity contribution >= 4 is 11.4 Å². The highest BCUT2D eigenvalue weighted by Crippen LogP contribution is 2.15. The maximum absolute atomic E-state index is 11.9. The number of nitrogen functional groups attached to an aromatic ring is 1. The number of nitrogens with two attached hydrogens (primary N) is 1. The van der Waals surface area contributed by atoms with Crippen molar-refractivity contribution in [1.82, 2.24) is 9.36 Å². The molecule has 0 atom stereocenters. The monoisotopic (exact) mass is 205 g/mol. The minimum absolute atomic E-state index is 0.132. The Morgan fingerprint density at radius 2 is 2.13 bits per heavy atom. The van der Waals surface area contributed by atoms with Crippen LogP contribution in [0.3, 0.4) is 0 Å². The van der Waals surface area contributed by atoms with Gasteiger partial charge in [-0.3, -0.25) is 9.48 Å². The van der Waals surface area contributed by atoms with E-state index in [0.717, 1.165) is 24.2 Å². The zero-order chi connectivity index (χ0) is 11.0. The third-order valence-electron chi connectivity index (χ3n) is 2.82. The molecule has 0 aliphatic heterocycles. The molecular formula is C11H15N3O. The number of hydrogen-bond donors (Lipinski definition) is 1. The molecule has 15 heavy (non-hydrogen) atoms. The second kappa shape index (κ2) is 3.46. The van der Waals surface area contributed by atoms with Crippen molar-refractivity contribution in [2.24, 2.45) is 7.05 Å². The molecule has 1 aliphatic carbocycles. The molecule has 0 bridgehead atoms. The van der Waals surface area contributed by atoms with Crippen LogP contribution in [0.5, 0.6) is 0 Å². The SMILES string of the molecule is Cc1c(N)c(=O)n(C2=CCCC=C2)n1C. The van der Waals surface area contributed by atoms with Gasteiger partial charge in [0.05, 0.1) is 11.4 Å². The van der Waals surface area contributed by atoms with Crippen molar-refractivity contribution in [3.8, 4) is 0 Å². The maximum Gasteiger partial charge on any atom is 0.294 e. The van der Waals surface area contributed by atoms with Crippen LogP contribution in [0.15, 0.2) is 23.0 Å². The summed E-state index contributed by atoms with van der Waals surface area (Å²) in [5.41, 5.74) is 7.62. The van der Waals surface area contributed by atoms with Gasteiger partial charge in [0.1, 0.15) is 5.69 Å². The fourth-order valence-corrected chi connectivity index (χ4v) is 1.78. The molecular weight excluding hydrogens is 190 g/mol. The topological polar surface area (TPSA) is 53.0 Å². The summed E-state index contributed by atoms with van der Waals surface area (Å²) in [5.74, 6) is 0. The molecule has 1 aromatic rings. The van der Waals surface area contributed by atoms with Gasteiger partial charge in [-0.05, 0) is 25.8 Å². The molecule has 1 heterocycles. The summed E-state index contributed by atoms with van der Waals surface area (Å²) in [4.78, 5) is 11.9. The van der Waals surface area contributed by atoms with Gasteiger partial charge in [-0.25, -0.2) is 4.68 Å². The summed E-state index contributed by atoms with van der Waals surface area (Å²) in [6.45, 7) is 1.85. The van der Waals surface area contributed by atoms with Gasteiger partial charge in [0.25, 0.3) is 5.56 Å². The maximum atomic E-state index is 11.9. The summed E-state index contributed by atoms with van der Waals surface area (Å²) in [6, 6.07) is 0. The Labute approximate surface area is 88.3 Å². The van der Waals surface area contributed by atoms with Crippen molar-refractivity contribution in [2.75, 3.05) is 5.73 Å². The fraction of sp³-hybridized carbons (Fsp3) is 0.364.